The number of anilines is 1. The lowest BCUT2D eigenvalue weighted by Gasteiger charge is -2.26. The molecule has 454 valence electrons. The Bertz CT molecular complexity index is 2950. The Morgan fingerprint density at radius 3 is 1.45 bits per heavy atom. The maximum atomic E-state index is 14.0. The molecule has 5 aromatic rings. The molecule has 0 saturated heterocycles. The van der Waals surface area contributed by atoms with Gasteiger partial charge in [0.05, 0.1) is 66.5 Å². The van der Waals surface area contributed by atoms with E-state index in [4.69, 9.17) is 52.7 Å². The molecular weight excluding hydrogens is 1110 g/mol. The summed E-state index contributed by atoms with van der Waals surface area (Å²) in [5, 5.41) is 7.41. The number of carbonyl (C=O) groups excluding carboxylic acids is 6. The molecule has 0 bridgehead atoms. The molecular formula is C66H79N3O15S. The highest BCUT2D eigenvalue weighted by molar-refractivity contribution is 7.22. The van der Waals surface area contributed by atoms with Crippen molar-refractivity contribution >= 4 is 68.7 Å². The van der Waals surface area contributed by atoms with Gasteiger partial charge in [-0.15, -0.1) is 0 Å². The topological polar surface area (TPSA) is 214 Å². The maximum Gasteiger partial charge on any atom is 0.330 e. The van der Waals surface area contributed by atoms with Crippen molar-refractivity contribution in [3.8, 4) is 34.5 Å². The first-order chi connectivity index (χ1) is 41.5. The van der Waals surface area contributed by atoms with E-state index in [9.17, 15) is 28.8 Å². The van der Waals surface area contributed by atoms with Crippen LogP contribution in [0.2, 0.25) is 0 Å². The van der Waals surface area contributed by atoms with Gasteiger partial charge < -0.3 is 42.6 Å². The minimum atomic E-state index is -0.475. The van der Waals surface area contributed by atoms with Crippen LogP contribution in [-0.2, 0) is 43.0 Å². The van der Waals surface area contributed by atoms with E-state index in [1.54, 1.807) is 72.9 Å². The fourth-order valence-corrected chi connectivity index (χ4v) is 10.7. The van der Waals surface area contributed by atoms with Crippen molar-refractivity contribution in [3.63, 3.8) is 0 Å². The number of hydrogen-bond donors (Lipinski definition) is 0. The van der Waals surface area contributed by atoms with E-state index in [-0.39, 0.29) is 29.4 Å². The summed E-state index contributed by atoms with van der Waals surface area (Å²) in [5.74, 6) is -1.53. The van der Waals surface area contributed by atoms with Crippen LogP contribution in [0.1, 0.15) is 128 Å². The summed E-state index contributed by atoms with van der Waals surface area (Å²) in [6.07, 6.45) is 15.9. The van der Waals surface area contributed by atoms with Crippen molar-refractivity contribution in [2.45, 2.75) is 122 Å². The minimum Gasteiger partial charge on any atom is -0.494 e. The molecule has 0 aliphatic heterocycles. The van der Waals surface area contributed by atoms with E-state index >= 15 is 0 Å². The first-order valence-corrected chi connectivity index (χ1v) is 30.6. The van der Waals surface area contributed by atoms with Crippen LogP contribution < -0.4 is 33.4 Å². The Morgan fingerprint density at radius 1 is 0.529 bits per heavy atom. The molecule has 2 aliphatic carbocycles. The molecule has 0 atom stereocenters. The number of carbonyl (C=O) groups is 6. The lowest BCUT2D eigenvalue weighted by molar-refractivity contribution is -0.145. The second-order valence-corrected chi connectivity index (χ2v) is 21.9. The molecule has 2 saturated carbocycles. The van der Waals surface area contributed by atoms with Crippen molar-refractivity contribution < 1.29 is 71.4 Å². The average Bonchev–Trinajstić information content (AvgIpc) is 4.18. The van der Waals surface area contributed by atoms with Crippen LogP contribution in [0.15, 0.2) is 121 Å². The average molecular weight is 1190 g/mol. The van der Waals surface area contributed by atoms with Crippen LogP contribution in [0.3, 0.4) is 0 Å². The molecule has 2 aliphatic rings. The number of unbranched alkanes of at least 4 members (excludes halogenated alkanes) is 7. The summed E-state index contributed by atoms with van der Waals surface area (Å²) in [7, 11) is 0. The third kappa shape index (κ3) is 21.9. The van der Waals surface area contributed by atoms with Crippen molar-refractivity contribution in [2.75, 3.05) is 51.2 Å². The van der Waals surface area contributed by atoms with Gasteiger partial charge >= 0.3 is 35.8 Å². The van der Waals surface area contributed by atoms with Crippen LogP contribution in [-0.4, -0.2) is 93.2 Å². The normalized spacial score (nSPS) is 16.6. The number of aromatic nitrogens is 1. The molecule has 1 aromatic heterocycles. The van der Waals surface area contributed by atoms with Crippen molar-refractivity contribution in [3.05, 3.63) is 122 Å². The highest BCUT2D eigenvalue weighted by Crippen LogP contribution is 2.36. The second-order valence-electron chi connectivity index (χ2n) is 20.9. The molecule has 0 radical (unpaired) electrons. The van der Waals surface area contributed by atoms with Crippen molar-refractivity contribution in [2.24, 2.45) is 28.8 Å². The number of para-hydroxylation sites is 1. The predicted molar refractivity (Wildman–Crippen MR) is 323 cm³/mol. The van der Waals surface area contributed by atoms with E-state index in [2.05, 4.69) is 13.2 Å². The standard InChI is InChI=1S/C66H79N3O15S/c1-4-60(70)79-43-16-9-7-14-41-77-52-29-33-54(34-30-52)81-62(72)47-21-23-49(24-22-47)64(74)83-56-37-38-58(51(45-56)46-67-69(39-13-18-40-76-6-3)66-68-57-19-11-12-20-59(57)85-66)84-65(75)50-27-25-48(26-28-50)63(73)82-55-35-31-53(32-36-55)78-42-15-8-10-17-44-80-61(71)5-2/h4-5,11-12,19-20,29-38,45-50H,1-2,6-10,13-18,21-28,39-44H2,3H3/b67-46+. The summed E-state index contributed by atoms with van der Waals surface area (Å²) in [5.41, 5.74) is 1.24. The molecule has 0 N–H and O–H groups in total. The largest absolute Gasteiger partial charge is 0.494 e. The minimum absolute atomic E-state index is 0.224. The molecule has 2 fully saturated rings. The van der Waals surface area contributed by atoms with E-state index < -0.39 is 41.6 Å². The van der Waals surface area contributed by atoms with Gasteiger partial charge in [0.1, 0.15) is 34.5 Å². The molecule has 0 spiro atoms. The predicted octanol–water partition coefficient (Wildman–Crippen LogP) is 12.9. The highest BCUT2D eigenvalue weighted by Gasteiger charge is 2.34. The fourth-order valence-electron chi connectivity index (χ4n) is 9.79. The highest BCUT2D eigenvalue weighted by atomic mass is 32.1. The van der Waals surface area contributed by atoms with Gasteiger partial charge in [-0.25, -0.2) is 19.6 Å². The fraction of sp³-hybridized carbons (Fsp3) is 0.455. The lowest BCUT2D eigenvalue weighted by Crippen LogP contribution is -2.30. The number of ether oxygens (including phenoxy) is 9. The zero-order chi connectivity index (χ0) is 60.0. The second kappa shape index (κ2) is 35.4. The lowest BCUT2D eigenvalue weighted by atomic mass is 9.82. The monoisotopic (exact) mass is 1190 g/mol. The number of rotatable bonds is 35. The zero-order valence-electron chi connectivity index (χ0n) is 48.7. The number of thiazole rings is 1. The van der Waals surface area contributed by atoms with Crippen LogP contribution in [0.25, 0.3) is 10.2 Å². The van der Waals surface area contributed by atoms with E-state index in [0.717, 1.165) is 86.6 Å². The van der Waals surface area contributed by atoms with Crippen molar-refractivity contribution in [1.82, 2.24) is 4.98 Å². The Balaban J connectivity index is 0.916. The maximum absolute atomic E-state index is 14.0. The molecule has 19 heteroatoms. The van der Waals surface area contributed by atoms with Crippen LogP contribution in [0.5, 0.6) is 34.5 Å². The molecule has 0 amide bonds. The summed E-state index contributed by atoms with van der Waals surface area (Å²) >= 11 is 1.51. The van der Waals surface area contributed by atoms with Gasteiger partial charge in [-0.05, 0) is 201 Å². The van der Waals surface area contributed by atoms with Gasteiger partial charge in [0.25, 0.3) is 0 Å². The van der Waals surface area contributed by atoms with E-state index in [0.29, 0.717) is 131 Å². The first kappa shape index (κ1) is 64.7. The molecule has 1 heterocycles. The molecule has 18 nitrogen and oxygen atoms in total. The Hall–Kier alpha value is -7.90. The Morgan fingerprint density at radius 2 is 0.965 bits per heavy atom. The van der Waals surface area contributed by atoms with Gasteiger partial charge in [0, 0.05) is 37.5 Å². The van der Waals surface area contributed by atoms with Gasteiger partial charge in [-0.3, -0.25) is 19.2 Å². The number of hydrazone groups is 1. The summed E-state index contributed by atoms with van der Waals surface area (Å²) in [4.78, 5) is 81.5. The van der Waals surface area contributed by atoms with Gasteiger partial charge in [0.15, 0.2) is 0 Å². The SMILES string of the molecule is C=CC(=O)OCCCCCCOc1ccc(OC(=O)C2CCC(C(=O)Oc3ccc(OC(=O)C4CCC(C(=O)Oc5ccc(OCCCCCCOC(=O)C=C)cc5)CC4)c(/C=N/N(CCCCOCC)c4nc5ccccc5s4)c3)CC2)cc1. The van der Waals surface area contributed by atoms with Gasteiger partial charge in [-0.2, -0.15) is 5.10 Å². The summed E-state index contributed by atoms with van der Waals surface area (Å²) in [6, 6.07) is 26.5. The van der Waals surface area contributed by atoms with Crippen LogP contribution >= 0.6 is 11.3 Å². The Labute approximate surface area is 501 Å². The van der Waals surface area contributed by atoms with Crippen LogP contribution in [0.4, 0.5) is 5.13 Å². The number of hydrogen-bond acceptors (Lipinski definition) is 19. The number of fused-ring (bicyclic) bond motifs is 1. The van der Waals surface area contributed by atoms with E-state index in [1.807, 2.05) is 36.2 Å². The molecule has 85 heavy (non-hydrogen) atoms. The third-order valence-corrected chi connectivity index (χ3v) is 15.7. The summed E-state index contributed by atoms with van der Waals surface area (Å²) in [6.45, 7) is 12.3. The number of benzene rings is 4. The number of nitrogens with zero attached hydrogens (tertiary/aromatic N) is 3. The van der Waals surface area contributed by atoms with Gasteiger partial charge in [-0.1, -0.05) is 36.6 Å². The first-order valence-electron chi connectivity index (χ1n) is 29.8. The molecule has 0 unspecified atom stereocenters. The third-order valence-electron chi connectivity index (χ3n) is 14.7. The van der Waals surface area contributed by atoms with Crippen LogP contribution in [0, 0.1) is 23.7 Å². The Kier molecular flexibility index (Phi) is 26.9. The zero-order valence-corrected chi connectivity index (χ0v) is 49.5. The number of esters is 6. The summed E-state index contributed by atoms with van der Waals surface area (Å²) < 4.78 is 51.9. The van der Waals surface area contributed by atoms with E-state index in [1.165, 1.54) is 11.3 Å². The molecule has 4 aromatic carbocycles. The van der Waals surface area contributed by atoms with Gasteiger partial charge in [0.2, 0.25) is 5.13 Å². The van der Waals surface area contributed by atoms with Crippen molar-refractivity contribution in [1.29, 1.82) is 0 Å². The molecule has 7 rings (SSSR count). The quantitative estimate of drug-likeness (QED) is 0.00921. The smallest absolute Gasteiger partial charge is 0.330 e.